The molecule has 0 spiro atoms. The molecule has 6 heterocycles. The lowest BCUT2D eigenvalue weighted by Gasteiger charge is -2.37. The van der Waals surface area contributed by atoms with Gasteiger partial charge in [0.25, 0.3) is 5.91 Å². The van der Waals surface area contributed by atoms with Crippen molar-refractivity contribution < 1.29 is 4.79 Å². The van der Waals surface area contributed by atoms with Crippen molar-refractivity contribution in [1.29, 1.82) is 0 Å². The van der Waals surface area contributed by atoms with Crippen molar-refractivity contribution in [3.8, 4) is 0 Å². The molecule has 10 nitrogen and oxygen atoms in total. The highest BCUT2D eigenvalue weighted by Crippen LogP contribution is 2.33. The van der Waals surface area contributed by atoms with Crippen molar-refractivity contribution in [3.05, 3.63) is 69.7 Å². The van der Waals surface area contributed by atoms with E-state index in [2.05, 4.69) is 38.9 Å². The van der Waals surface area contributed by atoms with Crippen molar-refractivity contribution in [2.75, 3.05) is 24.5 Å². The number of nitrogens with zero attached hydrogens (tertiary/aromatic N) is 6. The zero-order valence-corrected chi connectivity index (χ0v) is 20.8. The first-order valence-corrected chi connectivity index (χ1v) is 12.4. The Morgan fingerprint density at radius 2 is 2.00 bits per heavy atom. The summed E-state index contributed by atoms with van der Waals surface area (Å²) in [5.74, 6) is 0.819. The second-order valence-electron chi connectivity index (χ2n) is 10.6. The molecule has 6 rings (SSSR count). The summed E-state index contributed by atoms with van der Waals surface area (Å²) in [7, 11) is 0. The Balaban J connectivity index is 1.21. The third-order valence-electron chi connectivity index (χ3n) is 7.46. The number of pyridine rings is 2. The number of aromatic amines is 2. The molecule has 0 aromatic carbocycles. The number of imidazole rings is 1. The maximum atomic E-state index is 13.6. The van der Waals surface area contributed by atoms with Crippen LogP contribution in [0.1, 0.15) is 60.0 Å². The third kappa shape index (κ3) is 3.77. The monoisotopic (exact) mass is 486 g/mol. The number of hydrogen-bond acceptors (Lipinski definition) is 6. The zero-order chi connectivity index (χ0) is 25.0. The molecule has 1 saturated heterocycles. The van der Waals surface area contributed by atoms with Gasteiger partial charge in [-0.3, -0.25) is 19.4 Å². The lowest BCUT2D eigenvalue weighted by molar-refractivity contribution is 0.0684. The molecule has 4 aromatic heterocycles. The van der Waals surface area contributed by atoms with Crippen molar-refractivity contribution in [3.63, 3.8) is 0 Å². The molecule has 2 N–H and O–H groups in total. The Morgan fingerprint density at radius 1 is 1.19 bits per heavy atom. The summed E-state index contributed by atoms with van der Waals surface area (Å²) in [4.78, 5) is 42.2. The van der Waals surface area contributed by atoms with E-state index in [0.717, 1.165) is 54.2 Å². The molecule has 2 aliphatic rings. The van der Waals surface area contributed by atoms with Crippen molar-refractivity contribution in [1.82, 2.24) is 34.6 Å². The van der Waals surface area contributed by atoms with Gasteiger partial charge in [0.05, 0.1) is 11.7 Å². The highest BCUT2D eigenvalue weighted by molar-refractivity contribution is 5.95. The molecule has 0 atom stereocenters. The Kier molecular flexibility index (Phi) is 5.20. The number of carbonyl (C=O) groups is 1. The maximum Gasteiger partial charge on any atom is 0.327 e. The van der Waals surface area contributed by atoms with Gasteiger partial charge in [0.1, 0.15) is 5.82 Å². The Labute approximate surface area is 208 Å². The molecule has 36 heavy (non-hydrogen) atoms. The molecule has 0 unspecified atom stereocenters. The first kappa shape index (κ1) is 22.5. The van der Waals surface area contributed by atoms with E-state index < -0.39 is 0 Å². The SMILES string of the molecule is Cc1cc(C(=O)N2Cc3cn[nH]c3C(C)(C)C2)cc(N2CCC(n3c(=O)[nH]c4ncccc43)CC2)n1. The number of amides is 1. The molecule has 4 aromatic rings. The quantitative estimate of drug-likeness (QED) is 0.460. The minimum absolute atomic E-state index is 0.00871. The van der Waals surface area contributed by atoms with Crippen LogP contribution >= 0.6 is 0 Å². The first-order chi connectivity index (χ1) is 17.3. The van der Waals surface area contributed by atoms with Crippen LogP contribution in [0.15, 0.2) is 41.5 Å². The van der Waals surface area contributed by atoms with Gasteiger partial charge < -0.3 is 9.80 Å². The van der Waals surface area contributed by atoms with Crippen molar-refractivity contribution in [2.24, 2.45) is 0 Å². The standard InChI is InChI=1S/C26H30N8O2/c1-16-11-17(24(35)33-14-18-13-28-31-22(18)26(2,3)15-33)12-21(29-16)32-9-6-19(7-10-32)34-20-5-4-8-27-23(20)30-25(34)36/h4-5,8,11-13,19H,6-7,9-10,14-15H2,1-3H3,(H,28,31)(H,27,30,36). The molecule has 1 fully saturated rings. The van der Waals surface area contributed by atoms with Crippen LogP contribution in [0.2, 0.25) is 0 Å². The fraction of sp³-hybridized carbons (Fsp3) is 0.423. The third-order valence-corrected chi connectivity index (χ3v) is 7.46. The summed E-state index contributed by atoms with van der Waals surface area (Å²) in [6.07, 6.45) is 5.12. The van der Waals surface area contributed by atoms with Crippen LogP contribution in [-0.2, 0) is 12.0 Å². The maximum absolute atomic E-state index is 13.6. The minimum atomic E-state index is -0.192. The van der Waals surface area contributed by atoms with E-state index in [4.69, 9.17) is 4.98 Å². The summed E-state index contributed by atoms with van der Waals surface area (Å²) in [5.41, 5.74) is 4.79. The highest BCUT2D eigenvalue weighted by Gasteiger charge is 2.36. The lowest BCUT2D eigenvalue weighted by atomic mass is 9.83. The van der Waals surface area contributed by atoms with E-state index in [9.17, 15) is 9.59 Å². The average molecular weight is 487 g/mol. The zero-order valence-electron chi connectivity index (χ0n) is 20.8. The lowest BCUT2D eigenvalue weighted by Crippen LogP contribution is -2.45. The Bertz CT molecular complexity index is 1510. The number of aromatic nitrogens is 6. The summed E-state index contributed by atoms with van der Waals surface area (Å²) >= 11 is 0. The summed E-state index contributed by atoms with van der Waals surface area (Å²) in [6.45, 7) is 8.87. The van der Waals surface area contributed by atoms with Crippen LogP contribution < -0.4 is 10.6 Å². The summed E-state index contributed by atoms with van der Waals surface area (Å²) in [5, 5.41) is 7.30. The number of fused-ring (bicyclic) bond motifs is 2. The van der Waals surface area contributed by atoms with E-state index in [0.29, 0.717) is 24.3 Å². The second-order valence-corrected chi connectivity index (χ2v) is 10.6. The van der Waals surface area contributed by atoms with Gasteiger partial charge in [0.2, 0.25) is 0 Å². The number of piperidine rings is 1. The van der Waals surface area contributed by atoms with Gasteiger partial charge in [-0.2, -0.15) is 5.10 Å². The van der Waals surface area contributed by atoms with E-state index in [1.165, 1.54) is 0 Å². The normalized spacial score (nSPS) is 18.0. The predicted molar refractivity (Wildman–Crippen MR) is 136 cm³/mol. The molecule has 1 amide bonds. The van der Waals surface area contributed by atoms with Gasteiger partial charge in [-0.1, -0.05) is 13.8 Å². The van der Waals surface area contributed by atoms with Gasteiger partial charge in [-0.25, -0.2) is 14.8 Å². The van der Waals surface area contributed by atoms with Crippen LogP contribution in [0.4, 0.5) is 5.82 Å². The van der Waals surface area contributed by atoms with E-state index in [-0.39, 0.29) is 23.1 Å². The number of rotatable bonds is 3. The molecular weight excluding hydrogens is 456 g/mol. The molecule has 2 aliphatic heterocycles. The van der Waals surface area contributed by atoms with Crippen molar-refractivity contribution in [2.45, 2.75) is 51.6 Å². The molecule has 186 valence electrons. The number of nitrogens with one attached hydrogen (secondary N) is 2. The fourth-order valence-electron chi connectivity index (χ4n) is 5.77. The Morgan fingerprint density at radius 3 is 2.81 bits per heavy atom. The van der Waals surface area contributed by atoms with E-state index in [1.807, 2.05) is 46.9 Å². The second kappa shape index (κ2) is 8.32. The topological polar surface area (TPSA) is 116 Å². The highest BCUT2D eigenvalue weighted by atomic mass is 16.2. The smallest absolute Gasteiger partial charge is 0.327 e. The van der Waals surface area contributed by atoms with E-state index >= 15 is 0 Å². The number of hydrogen-bond donors (Lipinski definition) is 2. The van der Waals surface area contributed by atoms with E-state index in [1.54, 1.807) is 6.20 Å². The fourth-order valence-corrected chi connectivity index (χ4v) is 5.77. The predicted octanol–water partition coefficient (Wildman–Crippen LogP) is 2.93. The molecule has 0 aliphatic carbocycles. The first-order valence-electron chi connectivity index (χ1n) is 12.4. The number of H-pyrrole nitrogens is 2. The van der Waals surface area contributed by atoms with Gasteiger partial charge in [0.15, 0.2) is 5.65 Å². The summed E-state index contributed by atoms with van der Waals surface area (Å²) in [6, 6.07) is 7.66. The van der Waals surface area contributed by atoms with Crippen LogP contribution in [-0.4, -0.2) is 60.2 Å². The molecule has 0 radical (unpaired) electrons. The van der Waals surface area contributed by atoms with Gasteiger partial charge in [0, 0.05) is 66.3 Å². The van der Waals surface area contributed by atoms with Crippen LogP contribution in [0.5, 0.6) is 0 Å². The van der Waals surface area contributed by atoms with Crippen LogP contribution in [0.3, 0.4) is 0 Å². The molecule has 0 saturated carbocycles. The summed E-state index contributed by atoms with van der Waals surface area (Å²) < 4.78 is 1.83. The largest absolute Gasteiger partial charge is 0.356 e. The minimum Gasteiger partial charge on any atom is -0.356 e. The van der Waals surface area contributed by atoms with Gasteiger partial charge >= 0.3 is 5.69 Å². The van der Waals surface area contributed by atoms with Gasteiger partial charge in [-0.15, -0.1) is 0 Å². The number of aryl methyl sites for hydroxylation is 1. The molecular formula is C26H30N8O2. The number of carbonyl (C=O) groups excluding carboxylic acids is 1. The van der Waals surface area contributed by atoms with Gasteiger partial charge in [-0.05, 0) is 44.0 Å². The molecule has 10 heteroatoms. The Hall–Kier alpha value is -3.95. The van der Waals surface area contributed by atoms with Crippen LogP contribution in [0, 0.1) is 6.92 Å². The van der Waals surface area contributed by atoms with Crippen LogP contribution in [0.25, 0.3) is 11.2 Å². The number of anilines is 1. The average Bonchev–Trinajstić information content (AvgIpc) is 3.47. The van der Waals surface area contributed by atoms with Crippen molar-refractivity contribution >= 4 is 22.9 Å². The molecule has 0 bridgehead atoms.